The Morgan fingerprint density at radius 1 is 1.11 bits per heavy atom. The lowest BCUT2D eigenvalue weighted by atomic mass is 10.2. The number of hydrogen-bond donors (Lipinski definition) is 2. The molecule has 4 rings (SSSR count). The van der Waals surface area contributed by atoms with Gasteiger partial charge in [0.1, 0.15) is 12.4 Å². The van der Waals surface area contributed by atoms with Gasteiger partial charge in [0.25, 0.3) is 5.91 Å². The molecule has 9 heteroatoms. The van der Waals surface area contributed by atoms with Crippen molar-refractivity contribution in [1.82, 2.24) is 25.3 Å². The lowest BCUT2D eigenvalue weighted by Crippen LogP contribution is -2.45. The molecule has 2 aromatic heterocycles. The first-order chi connectivity index (χ1) is 13.3. The van der Waals surface area contributed by atoms with Crippen LogP contribution in [0.15, 0.2) is 54.9 Å². The van der Waals surface area contributed by atoms with E-state index in [1.54, 1.807) is 29.2 Å². The van der Waals surface area contributed by atoms with E-state index in [1.807, 2.05) is 30.3 Å². The highest BCUT2D eigenvalue weighted by atomic mass is 16.6. The van der Waals surface area contributed by atoms with Crippen LogP contribution in [0.2, 0.25) is 0 Å². The van der Waals surface area contributed by atoms with Crippen LogP contribution in [0, 0.1) is 0 Å². The third-order valence-electron chi connectivity index (χ3n) is 3.92. The highest BCUT2D eigenvalue weighted by Gasteiger charge is 2.26. The topological polar surface area (TPSA) is 103 Å². The van der Waals surface area contributed by atoms with Crippen LogP contribution >= 0.6 is 0 Å². The molecule has 3 heterocycles. The minimum atomic E-state index is -0.659. The molecule has 9 nitrogen and oxygen atoms in total. The molecule has 0 fully saturated rings. The van der Waals surface area contributed by atoms with Gasteiger partial charge in [-0.1, -0.05) is 12.1 Å². The lowest BCUT2D eigenvalue weighted by Gasteiger charge is -2.25. The molecular weight excluding hydrogens is 348 g/mol. The second-order valence-corrected chi connectivity index (χ2v) is 5.81. The Bertz CT molecular complexity index is 898. The van der Waals surface area contributed by atoms with Crippen molar-refractivity contribution in [3.05, 3.63) is 54.9 Å². The molecule has 0 saturated carbocycles. The summed E-state index contributed by atoms with van der Waals surface area (Å²) < 4.78 is 12.8. The van der Waals surface area contributed by atoms with Gasteiger partial charge in [-0.05, 0) is 30.3 Å². The highest BCUT2D eigenvalue weighted by molar-refractivity contribution is 5.81. The molecule has 27 heavy (non-hydrogen) atoms. The predicted molar refractivity (Wildman–Crippen MR) is 97.0 cm³/mol. The van der Waals surface area contributed by atoms with E-state index in [0.29, 0.717) is 36.2 Å². The zero-order chi connectivity index (χ0) is 18.5. The average molecular weight is 366 g/mol. The zero-order valence-corrected chi connectivity index (χ0v) is 14.4. The van der Waals surface area contributed by atoms with Crippen molar-refractivity contribution >= 4 is 11.7 Å². The Labute approximate surface area is 155 Å². The van der Waals surface area contributed by atoms with Gasteiger partial charge in [-0.3, -0.25) is 4.79 Å². The number of aromatic nitrogens is 4. The van der Waals surface area contributed by atoms with Crippen LogP contribution < -0.4 is 20.1 Å². The summed E-state index contributed by atoms with van der Waals surface area (Å²) in [5, 5.41) is 18.2. The summed E-state index contributed by atoms with van der Waals surface area (Å²) in [5.74, 6) is 2.27. The summed E-state index contributed by atoms with van der Waals surface area (Å²) in [6, 6.07) is 12.7. The van der Waals surface area contributed by atoms with E-state index in [2.05, 4.69) is 25.9 Å². The number of fused-ring (bicyclic) bond motifs is 1. The van der Waals surface area contributed by atoms with Crippen molar-refractivity contribution in [2.75, 3.05) is 25.0 Å². The van der Waals surface area contributed by atoms with Crippen molar-refractivity contribution in [3.63, 3.8) is 0 Å². The molecule has 1 unspecified atom stereocenters. The number of carbonyl (C=O) groups excluding carboxylic acids is 1. The zero-order valence-electron chi connectivity index (χ0n) is 14.4. The lowest BCUT2D eigenvalue weighted by molar-refractivity contribution is -0.130. The maximum absolute atomic E-state index is 12.2. The van der Waals surface area contributed by atoms with Gasteiger partial charge in [0.05, 0.1) is 0 Å². The molecule has 0 bridgehead atoms. The van der Waals surface area contributed by atoms with E-state index in [0.717, 1.165) is 0 Å². The number of anilines is 1. The van der Waals surface area contributed by atoms with Crippen LogP contribution in [0.25, 0.3) is 5.82 Å². The van der Waals surface area contributed by atoms with E-state index in [1.165, 1.54) is 0 Å². The fourth-order valence-electron chi connectivity index (χ4n) is 2.58. The molecule has 1 aromatic carbocycles. The fraction of sp³-hybridized carbons (Fsp3) is 0.222. The number of ether oxygens (including phenoxy) is 2. The third kappa shape index (κ3) is 3.97. The molecule has 0 radical (unpaired) electrons. The number of amides is 1. The second-order valence-electron chi connectivity index (χ2n) is 5.81. The minimum Gasteiger partial charge on any atom is -0.485 e. The van der Waals surface area contributed by atoms with Gasteiger partial charge in [-0.15, -0.1) is 10.2 Å². The normalized spacial score (nSPS) is 15.2. The van der Waals surface area contributed by atoms with E-state index in [4.69, 9.17) is 9.47 Å². The van der Waals surface area contributed by atoms with Gasteiger partial charge in [0, 0.05) is 25.5 Å². The number of nitrogens with zero attached hydrogens (tertiary/aromatic N) is 4. The summed E-state index contributed by atoms with van der Waals surface area (Å²) in [7, 11) is 0. The van der Waals surface area contributed by atoms with E-state index in [-0.39, 0.29) is 12.5 Å². The maximum atomic E-state index is 12.2. The van der Waals surface area contributed by atoms with Crippen LogP contribution in [0.3, 0.4) is 0 Å². The SMILES string of the molecule is O=C(NCCNc1ccc(-n2cccn2)nn1)C1COc2ccccc2O1. The molecule has 138 valence electrons. The number of para-hydroxylation sites is 2. The summed E-state index contributed by atoms with van der Waals surface area (Å²) in [4.78, 5) is 12.2. The molecule has 1 atom stereocenters. The smallest absolute Gasteiger partial charge is 0.264 e. The molecule has 1 aliphatic heterocycles. The first kappa shape index (κ1) is 16.8. The summed E-state index contributed by atoms with van der Waals surface area (Å²) >= 11 is 0. The Hall–Kier alpha value is -3.62. The Balaban J connectivity index is 1.22. The van der Waals surface area contributed by atoms with Crippen LogP contribution in [-0.4, -0.2) is 51.7 Å². The fourth-order valence-corrected chi connectivity index (χ4v) is 2.58. The van der Waals surface area contributed by atoms with E-state index < -0.39 is 6.10 Å². The summed E-state index contributed by atoms with van der Waals surface area (Å²) in [6.07, 6.45) is 2.81. The molecular formula is C18H18N6O3. The van der Waals surface area contributed by atoms with Crippen molar-refractivity contribution in [1.29, 1.82) is 0 Å². The molecule has 0 spiro atoms. The van der Waals surface area contributed by atoms with Crippen molar-refractivity contribution < 1.29 is 14.3 Å². The number of carbonyl (C=O) groups is 1. The van der Waals surface area contributed by atoms with Crippen LogP contribution in [0.1, 0.15) is 0 Å². The maximum Gasteiger partial charge on any atom is 0.264 e. The van der Waals surface area contributed by atoms with Crippen molar-refractivity contribution in [3.8, 4) is 17.3 Å². The van der Waals surface area contributed by atoms with Gasteiger partial charge in [-0.25, -0.2) is 4.68 Å². The van der Waals surface area contributed by atoms with Gasteiger partial charge in [0.2, 0.25) is 6.10 Å². The number of hydrogen-bond acceptors (Lipinski definition) is 7. The Morgan fingerprint density at radius 3 is 2.78 bits per heavy atom. The monoisotopic (exact) mass is 366 g/mol. The summed E-state index contributed by atoms with van der Waals surface area (Å²) in [6.45, 7) is 1.12. The molecule has 1 aliphatic rings. The number of benzene rings is 1. The third-order valence-corrected chi connectivity index (χ3v) is 3.92. The molecule has 0 aliphatic carbocycles. The van der Waals surface area contributed by atoms with Gasteiger partial charge >= 0.3 is 0 Å². The van der Waals surface area contributed by atoms with Crippen molar-refractivity contribution in [2.24, 2.45) is 0 Å². The first-order valence-electron chi connectivity index (χ1n) is 8.53. The van der Waals surface area contributed by atoms with Gasteiger partial charge < -0.3 is 20.1 Å². The molecule has 0 saturated heterocycles. The Kier molecular flexibility index (Phi) is 4.82. The highest BCUT2D eigenvalue weighted by Crippen LogP contribution is 2.30. The van der Waals surface area contributed by atoms with Crippen LogP contribution in [-0.2, 0) is 4.79 Å². The summed E-state index contributed by atoms with van der Waals surface area (Å²) in [5.41, 5.74) is 0. The van der Waals surface area contributed by atoms with Gasteiger partial charge in [-0.2, -0.15) is 5.10 Å². The van der Waals surface area contributed by atoms with E-state index in [9.17, 15) is 4.79 Å². The van der Waals surface area contributed by atoms with Gasteiger partial charge in [0.15, 0.2) is 17.3 Å². The Morgan fingerprint density at radius 2 is 2.00 bits per heavy atom. The van der Waals surface area contributed by atoms with Crippen molar-refractivity contribution in [2.45, 2.75) is 6.10 Å². The molecule has 1 amide bonds. The largest absolute Gasteiger partial charge is 0.485 e. The number of nitrogens with one attached hydrogen (secondary N) is 2. The average Bonchev–Trinajstić information content (AvgIpc) is 3.26. The predicted octanol–water partition coefficient (Wildman–Crippen LogP) is 1.03. The standard InChI is InChI=1S/C18H18N6O3/c25-18(15-12-26-13-4-1-2-5-14(13)27-15)20-10-9-19-16-6-7-17(23-22-16)24-11-3-8-21-24/h1-8,11,15H,9-10,12H2,(H,19,22)(H,20,25). The number of rotatable bonds is 6. The first-order valence-corrected chi connectivity index (χ1v) is 8.53. The van der Waals surface area contributed by atoms with Crippen LogP contribution in [0.5, 0.6) is 11.5 Å². The molecule has 2 N–H and O–H groups in total. The van der Waals surface area contributed by atoms with E-state index >= 15 is 0 Å². The minimum absolute atomic E-state index is 0.191. The second kappa shape index (κ2) is 7.73. The van der Waals surface area contributed by atoms with Crippen LogP contribution in [0.4, 0.5) is 5.82 Å². The molecule has 3 aromatic rings. The quantitative estimate of drug-likeness (QED) is 0.628.